The molecule has 5 nitrogen and oxygen atoms in total. The summed E-state index contributed by atoms with van der Waals surface area (Å²) in [5.74, 6) is -0.438. The van der Waals surface area contributed by atoms with Crippen LogP contribution >= 0.6 is 0 Å². The molecule has 0 radical (unpaired) electrons. The molecule has 0 aliphatic rings. The van der Waals surface area contributed by atoms with Crippen LogP contribution in [0.15, 0.2) is 30.5 Å². The molecule has 0 fully saturated rings. The summed E-state index contributed by atoms with van der Waals surface area (Å²) >= 11 is 0. The van der Waals surface area contributed by atoms with Crippen molar-refractivity contribution in [3.05, 3.63) is 36.0 Å². The number of ether oxygens (including phenoxy) is 1. The maximum Gasteiger partial charge on any atom is 0.243 e. The highest BCUT2D eigenvalue weighted by atomic mass is 16.5. The molecule has 0 unspecified atom stereocenters. The van der Waals surface area contributed by atoms with Crippen molar-refractivity contribution in [1.82, 2.24) is 10.3 Å². The van der Waals surface area contributed by atoms with E-state index in [0.717, 1.165) is 12.1 Å². The number of hydrogen-bond acceptors (Lipinski definition) is 3. The summed E-state index contributed by atoms with van der Waals surface area (Å²) in [6, 6.07) is 8.17. The third-order valence-electron chi connectivity index (χ3n) is 2.66. The number of benzene rings is 1. The summed E-state index contributed by atoms with van der Waals surface area (Å²) < 4.78 is 5.06. The maximum absolute atomic E-state index is 10.4. The Labute approximate surface area is 105 Å². The largest absolute Gasteiger partial charge is 0.370 e. The second-order valence-electron chi connectivity index (χ2n) is 4.06. The lowest BCUT2D eigenvalue weighted by molar-refractivity contribution is -0.122. The second-order valence-corrected chi connectivity index (χ2v) is 4.06. The molecule has 2 aromatic rings. The van der Waals surface area contributed by atoms with Gasteiger partial charge in [-0.2, -0.15) is 0 Å². The van der Waals surface area contributed by atoms with Crippen LogP contribution in [0.4, 0.5) is 0 Å². The topological polar surface area (TPSA) is 80.1 Å². The number of nitrogens with two attached hydrogens (primary N) is 1. The molecule has 0 bridgehead atoms. The molecule has 4 N–H and O–H groups in total. The van der Waals surface area contributed by atoms with Crippen molar-refractivity contribution < 1.29 is 9.53 Å². The van der Waals surface area contributed by atoms with E-state index in [1.807, 2.05) is 18.3 Å². The minimum atomic E-state index is -0.438. The normalized spacial score (nSPS) is 10.9. The van der Waals surface area contributed by atoms with Crippen LogP contribution in [-0.2, 0) is 16.1 Å². The summed E-state index contributed by atoms with van der Waals surface area (Å²) in [6.45, 7) is 1.91. The standard InChI is InChI=1S/C13H17N3O2/c14-13(17)9-18-6-5-15-7-10-8-16-12-4-2-1-3-11(10)12/h1-4,8,15-16H,5-7,9H2,(H2,14,17). The molecular weight excluding hydrogens is 230 g/mol. The van der Waals surface area contributed by atoms with E-state index < -0.39 is 5.91 Å². The number of H-pyrrole nitrogens is 1. The van der Waals surface area contributed by atoms with Crippen LogP contribution in [0, 0.1) is 0 Å². The molecule has 2 rings (SSSR count). The fourth-order valence-corrected chi connectivity index (χ4v) is 1.82. The first-order valence-electron chi connectivity index (χ1n) is 5.89. The van der Waals surface area contributed by atoms with E-state index in [-0.39, 0.29) is 6.61 Å². The minimum Gasteiger partial charge on any atom is -0.370 e. The molecule has 0 saturated carbocycles. The van der Waals surface area contributed by atoms with Gasteiger partial charge in [-0.25, -0.2) is 0 Å². The van der Waals surface area contributed by atoms with Gasteiger partial charge in [-0.05, 0) is 11.6 Å². The zero-order valence-corrected chi connectivity index (χ0v) is 10.1. The number of fused-ring (bicyclic) bond motifs is 1. The third-order valence-corrected chi connectivity index (χ3v) is 2.66. The molecule has 18 heavy (non-hydrogen) atoms. The summed E-state index contributed by atoms with van der Waals surface area (Å²) in [5, 5.41) is 4.48. The lowest BCUT2D eigenvalue weighted by Crippen LogP contribution is -2.23. The van der Waals surface area contributed by atoms with E-state index in [2.05, 4.69) is 22.4 Å². The van der Waals surface area contributed by atoms with E-state index in [0.29, 0.717) is 13.2 Å². The highest BCUT2D eigenvalue weighted by molar-refractivity contribution is 5.82. The predicted molar refractivity (Wildman–Crippen MR) is 70.0 cm³/mol. The molecule has 0 aliphatic heterocycles. The van der Waals surface area contributed by atoms with Crippen molar-refractivity contribution in [2.75, 3.05) is 19.8 Å². The molecule has 1 amide bonds. The molecule has 0 atom stereocenters. The zero-order chi connectivity index (χ0) is 12.8. The van der Waals surface area contributed by atoms with Gasteiger partial charge in [0.05, 0.1) is 6.61 Å². The Morgan fingerprint density at radius 3 is 3.06 bits per heavy atom. The first-order chi connectivity index (χ1) is 8.77. The molecular formula is C13H17N3O2. The quantitative estimate of drug-likeness (QED) is 0.632. The van der Waals surface area contributed by atoms with Gasteiger partial charge >= 0.3 is 0 Å². The van der Waals surface area contributed by atoms with Crippen LogP contribution < -0.4 is 11.1 Å². The van der Waals surface area contributed by atoms with Crippen molar-refractivity contribution in [2.24, 2.45) is 5.73 Å². The number of aromatic amines is 1. The van der Waals surface area contributed by atoms with Gasteiger partial charge in [0.2, 0.25) is 5.91 Å². The fraction of sp³-hybridized carbons (Fsp3) is 0.308. The number of nitrogens with one attached hydrogen (secondary N) is 2. The molecule has 5 heteroatoms. The SMILES string of the molecule is NC(=O)COCCNCc1c[nH]c2ccccc12. The first kappa shape index (κ1) is 12.6. The van der Waals surface area contributed by atoms with Crippen LogP contribution in [0.5, 0.6) is 0 Å². The number of hydrogen-bond donors (Lipinski definition) is 3. The number of carbonyl (C=O) groups is 1. The van der Waals surface area contributed by atoms with Crippen molar-refractivity contribution in [3.8, 4) is 0 Å². The van der Waals surface area contributed by atoms with Gasteiger partial charge in [-0.3, -0.25) is 4.79 Å². The predicted octanol–water partition coefficient (Wildman–Crippen LogP) is 0.759. The number of amides is 1. The highest BCUT2D eigenvalue weighted by Gasteiger charge is 2.01. The van der Waals surface area contributed by atoms with Gasteiger partial charge in [0, 0.05) is 30.2 Å². The third kappa shape index (κ3) is 3.32. The number of primary amides is 1. The average Bonchev–Trinajstić information content (AvgIpc) is 2.77. The van der Waals surface area contributed by atoms with Crippen LogP contribution in [0.1, 0.15) is 5.56 Å². The van der Waals surface area contributed by atoms with Gasteiger partial charge in [0.1, 0.15) is 6.61 Å². The fourth-order valence-electron chi connectivity index (χ4n) is 1.82. The Hall–Kier alpha value is -1.85. The van der Waals surface area contributed by atoms with Gasteiger partial charge in [0.25, 0.3) is 0 Å². The molecule has 1 aromatic carbocycles. The molecule has 0 saturated heterocycles. The minimum absolute atomic E-state index is 0.0191. The lowest BCUT2D eigenvalue weighted by Gasteiger charge is -2.04. The monoisotopic (exact) mass is 247 g/mol. The Morgan fingerprint density at radius 1 is 1.39 bits per heavy atom. The summed E-state index contributed by atoms with van der Waals surface area (Å²) in [6.07, 6.45) is 2.00. The average molecular weight is 247 g/mol. The van der Waals surface area contributed by atoms with E-state index >= 15 is 0 Å². The molecule has 0 spiro atoms. The number of aromatic nitrogens is 1. The van der Waals surface area contributed by atoms with Crippen LogP contribution in [-0.4, -0.2) is 30.6 Å². The second kappa shape index (κ2) is 6.18. The maximum atomic E-state index is 10.4. The van der Waals surface area contributed by atoms with Crippen molar-refractivity contribution >= 4 is 16.8 Å². The highest BCUT2D eigenvalue weighted by Crippen LogP contribution is 2.16. The van der Waals surface area contributed by atoms with E-state index in [1.165, 1.54) is 10.9 Å². The van der Waals surface area contributed by atoms with Gasteiger partial charge in [0.15, 0.2) is 0 Å². The summed E-state index contributed by atoms with van der Waals surface area (Å²) in [7, 11) is 0. The Morgan fingerprint density at radius 2 is 2.22 bits per heavy atom. The zero-order valence-electron chi connectivity index (χ0n) is 10.1. The smallest absolute Gasteiger partial charge is 0.243 e. The van der Waals surface area contributed by atoms with Crippen molar-refractivity contribution in [1.29, 1.82) is 0 Å². The van der Waals surface area contributed by atoms with Crippen molar-refractivity contribution in [3.63, 3.8) is 0 Å². The summed E-state index contributed by atoms with van der Waals surface area (Å²) in [4.78, 5) is 13.7. The summed E-state index contributed by atoms with van der Waals surface area (Å²) in [5.41, 5.74) is 7.32. The van der Waals surface area contributed by atoms with E-state index in [9.17, 15) is 4.79 Å². The molecule has 1 aromatic heterocycles. The lowest BCUT2D eigenvalue weighted by atomic mass is 10.2. The first-order valence-corrected chi connectivity index (χ1v) is 5.89. The van der Waals surface area contributed by atoms with E-state index in [4.69, 9.17) is 10.5 Å². The Balaban J connectivity index is 1.75. The van der Waals surface area contributed by atoms with Crippen molar-refractivity contribution in [2.45, 2.75) is 6.54 Å². The van der Waals surface area contributed by atoms with Gasteiger partial charge in [-0.1, -0.05) is 18.2 Å². The van der Waals surface area contributed by atoms with Crippen LogP contribution in [0.3, 0.4) is 0 Å². The van der Waals surface area contributed by atoms with Crippen LogP contribution in [0.25, 0.3) is 10.9 Å². The Kier molecular flexibility index (Phi) is 4.33. The van der Waals surface area contributed by atoms with Gasteiger partial charge < -0.3 is 20.8 Å². The number of rotatable bonds is 7. The number of carbonyl (C=O) groups excluding carboxylic acids is 1. The van der Waals surface area contributed by atoms with Crippen LogP contribution in [0.2, 0.25) is 0 Å². The molecule has 96 valence electrons. The van der Waals surface area contributed by atoms with Gasteiger partial charge in [-0.15, -0.1) is 0 Å². The number of para-hydroxylation sites is 1. The Bertz CT molecular complexity index is 522. The molecule has 0 aliphatic carbocycles. The molecule has 1 heterocycles. The van der Waals surface area contributed by atoms with E-state index in [1.54, 1.807) is 0 Å².